The smallest absolute Gasteiger partial charge is 0.160 e. The van der Waals surface area contributed by atoms with Gasteiger partial charge in [-0.15, -0.1) is 0 Å². The molecule has 1 heterocycles. The summed E-state index contributed by atoms with van der Waals surface area (Å²) in [4.78, 5) is 0. The second kappa shape index (κ2) is 8.04. The molecule has 0 unspecified atom stereocenters. The maximum absolute atomic E-state index is 10.8. The summed E-state index contributed by atoms with van der Waals surface area (Å²) in [6.45, 7) is 0.586. The van der Waals surface area contributed by atoms with Crippen molar-refractivity contribution in [1.29, 1.82) is 0 Å². The molecule has 0 aliphatic carbocycles. The van der Waals surface area contributed by atoms with E-state index in [1.54, 1.807) is 24.3 Å². The number of rotatable bonds is 6. The number of phenols is 2. The summed E-state index contributed by atoms with van der Waals surface area (Å²) in [6, 6.07) is 9.31. The van der Waals surface area contributed by atoms with E-state index in [0.29, 0.717) is 24.3 Å². The van der Waals surface area contributed by atoms with E-state index in [0.717, 1.165) is 0 Å². The molecule has 146 valence electrons. The van der Waals surface area contributed by atoms with Crippen LogP contribution in [0.2, 0.25) is 0 Å². The first-order valence-electron chi connectivity index (χ1n) is 8.64. The molecule has 7 heteroatoms. The van der Waals surface area contributed by atoms with E-state index in [4.69, 9.17) is 14.2 Å². The van der Waals surface area contributed by atoms with E-state index >= 15 is 0 Å². The van der Waals surface area contributed by atoms with E-state index < -0.39 is 12.2 Å². The molecule has 0 aromatic heterocycles. The van der Waals surface area contributed by atoms with Gasteiger partial charge in [-0.25, -0.2) is 0 Å². The molecule has 1 aliphatic heterocycles. The Hall–Kier alpha value is -2.48. The van der Waals surface area contributed by atoms with Crippen molar-refractivity contribution in [3.05, 3.63) is 47.5 Å². The molecule has 4 N–H and O–H groups in total. The summed E-state index contributed by atoms with van der Waals surface area (Å²) in [6.07, 6.45) is -1.80. The van der Waals surface area contributed by atoms with E-state index in [9.17, 15) is 20.4 Å². The van der Waals surface area contributed by atoms with Gasteiger partial charge in [0.1, 0.15) is 0 Å². The fraction of sp³-hybridized carbons (Fsp3) is 0.400. The zero-order valence-electron chi connectivity index (χ0n) is 15.2. The molecule has 7 nitrogen and oxygen atoms in total. The average molecular weight is 376 g/mol. The summed E-state index contributed by atoms with van der Waals surface area (Å²) in [7, 11) is 2.88. The Morgan fingerprint density at radius 2 is 1.22 bits per heavy atom. The van der Waals surface area contributed by atoms with E-state index in [2.05, 4.69) is 0 Å². The highest BCUT2D eigenvalue weighted by Crippen LogP contribution is 2.42. The standard InChI is InChI=1S/C20H24O7/c1-25-17-7-11(3-5-15(17)21)19(23)13-9-27-10-14(13)20(24)12-4-6-16(22)18(8-12)26-2/h3-8,13-14,19-24H,9-10H2,1-2H3/t13-,14+,19-,20-/m1/s1. The number of hydrogen-bond donors (Lipinski definition) is 4. The molecular weight excluding hydrogens is 352 g/mol. The van der Waals surface area contributed by atoms with E-state index in [1.807, 2.05) is 0 Å². The van der Waals surface area contributed by atoms with Gasteiger partial charge in [0, 0.05) is 11.8 Å². The van der Waals surface area contributed by atoms with Crippen molar-refractivity contribution in [2.45, 2.75) is 12.2 Å². The largest absolute Gasteiger partial charge is 0.504 e. The van der Waals surface area contributed by atoms with Crippen LogP contribution in [-0.2, 0) is 4.74 Å². The number of ether oxygens (including phenoxy) is 3. The molecule has 1 saturated heterocycles. The third-order valence-corrected chi connectivity index (χ3v) is 5.07. The lowest BCUT2D eigenvalue weighted by Gasteiger charge is -2.27. The second-order valence-electron chi connectivity index (χ2n) is 6.62. The summed E-state index contributed by atoms with van der Waals surface area (Å²) in [5.41, 5.74) is 1.14. The highest BCUT2D eigenvalue weighted by atomic mass is 16.5. The highest BCUT2D eigenvalue weighted by Gasteiger charge is 2.39. The Morgan fingerprint density at radius 1 is 0.815 bits per heavy atom. The van der Waals surface area contributed by atoms with Gasteiger partial charge in [0.25, 0.3) is 0 Å². The minimum Gasteiger partial charge on any atom is -0.504 e. The molecule has 4 atom stereocenters. The molecule has 0 bridgehead atoms. The molecule has 0 amide bonds. The number of aliphatic hydroxyl groups excluding tert-OH is 2. The number of aromatic hydroxyl groups is 2. The molecule has 27 heavy (non-hydrogen) atoms. The number of hydrogen-bond acceptors (Lipinski definition) is 7. The van der Waals surface area contributed by atoms with Crippen molar-refractivity contribution in [1.82, 2.24) is 0 Å². The van der Waals surface area contributed by atoms with Crippen molar-refractivity contribution in [3.63, 3.8) is 0 Å². The SMILES string of the molecule is COc1cc([C@@H](O)[C@@H]2COC[C@@H]2[C@H](O)c2ccc(O)c(OC)c2)ccc1O. The molecule has 0 saturated carbocycles. The number of phenolic OH excluding ortho intramolecular Hbond substituents is 2. The lowest BCUT2D eigenvalue weighted by Crippen LogP contribution is -2.26. The van der Waals surface area contributed by atoms with Crippen molar-refractivity contribution < 1.29 is 34.6 Å². The summed E-state index contributed by atoms with van der Waals surface area (Å²) >= 11 is 0. The molecule has 0 spiro atoms. The molecule has 0 radical (unpaired) electrons. The molecular formula is C20H24O7. The Morgan fingerprint density at radius 3 is 1.59 bits per heavy atom. The van der Waals surface area contributed by atoms with Gasteiger partial charge >= 0.3 is 0 Å². The van der Waals surface area contributed by atoms with Gasteiger partial charge in [-0.2, -0.15) is 0 Å². The summed E-state index contributed by atoms with van der Waals surface area (Å²) in [5, 5.41) is 41.2. The van der Waals surface area contributed by atoms with E-state index in [-0.39, 0.29) is 34.8 Å². The average Bonchev–Trinajstić information content (AvgIpc) is 3.17. The Bertz CT molecular complexity index is 726. The van der Waals surface area contributed by atoms with Crippen LogP contribution < -0.4 is 9.47 Å². The van der Waals surface area contributed by atoms with Crippen LogP contribution in [0.4, 0.5) is 0 Å². The lowest BCUT2D eigenvalue weighted by atomic mass is 9.81. The van der Waals surface area contributed by atoms with Crippen LogP contribution in [0.25, 0.3) is 0 Å². The predicted molar refractivity (Wildman–Crippen MR) is 97.0 cm³/mol. The Labute approximate surface area is 157 Å². The Kier molecular flexibility index (Phi) is 5.74. The fourth-order valence-corrected chi connectivity index (χ4v) is 3.49. The molecule has 1 aliphatic rings. The van der Waals surface area contributed by atoms with Gasteiger partial charge in [0.05, 0.1) is 39.6 Å². The summed E-state index contributed by atoms with van der Waals surface area (Å²) in [5.74, 6) is -0.187. The topological polar surface area (TPSA) is 109 Å². The highest BCUT2D eigenvalue weighted by molar-refractivity contribution is 5.43. The predicted octanol–water partition coefficient (Wildman–Crippen LogP) is 2.14. The van der Waals surface area contributed by atoms with Gasteiger partial charge < -0.3 is 34.6 Å². The van der Waals surface area contributed by atoms with Gasteiger partial charge in [0.2, 0.25) is 0 Å². The van der Waals surface area contributed by atoms with Crippen molar-refractivity contribution >= 4 is 0 Å². The number of methoxy groups -OCH3 is 2. The van der Waals surface area contributed by atoms with Gasteiger partial charge in [0.15, 0.2) is 23.0 Å². The van der Waals surface area contributed by atoms with Crippen molar-refractivity contribution in [3.8, 4) is 23.0 Å². The summed E-state index contributed by atoms with van der Waals surface area (Å²) < 4.78 is 15.7. The van der Waals surface area contributed by atoms with Crippen molar-refractivity contribution in [2.75, 3.05) is 27.4 Å². The molecule has 1 fully saturated rings. The monoisotopic (exact) mass is 376 g/mol. The zero-order valence-corrected chi connectivity index (χ0v) is 15.2. The quantitative estimate of drug-likeness (QED) is 0.612. The zero-order chi connectivity index (χ0) is 19.6. The molecule has 3 rings (SSSR count). The first-order valence-corrected chi connectivity index (χ1v) is 8.64. The van der Waals surface area contributed by atoms with Gasteiger partial charge in [-0.1, -0.05) is 12.1 Å². The molecule has 2 aromatic carbocycles. The maximum atomic E-state index is 10.8. The van der Waals surface area contributed by atoms with E-state index in [1.165, 1.54) is 26.4 Å². The Balaban J connectivity index is 1.84. The maximum Gasteiger partial charge on any atom is 0.160 e. The van der Waals surface area contributed by atoms with Gasteiger partial charge in [-0.05, 0) is 35.4 Å². The lowest BCUT2D eigenvalue weighted by molar-refractivity contribution is 0.0302. The van der Waals surface area contributed by atoms with Crippen LogP contribution in [0, 0.1) is 11.8 Å². The van der Waals surface area contributed by atoms with Crippen LogP contribution >= 0.6 is 0 Å². The van der Waals surface area contributed by atoms with Gasteiger partial charge in [-0.3, -0.25) is 0 Å². The first kappa shape index (κ1) is 19.3. The van der Waals surface area contributed by atoms with Crippen molar-refractivity contribution in [2.24, 2.45) is 11.8 Å². The molecule has 2 aromatic rings. The number of aliphatic hydroxyl groups is 2. The number of benzene rings is 2. The van der Waals surface area contributed by atoms with Crippen LogP contribution in [0.3, 0.4) is 0 Å². The third-order valence-electron chi connectivity index (χ3n) is 5.07. The normalized spacial score (nSPS) is 21.6. The van der Waals surface area contributed by atoms with Crippen LogP contribution in [0.15, 0.2) is 36.4 Å². The van der Waals surface area contributed by atoms with Crippen LogP contribution in [0.5, 0.6) is 23.0 Å². The minimum absolute atomic E-state index is 0.0103. The first-order chi connectivity index (χ1) is 13.0. The van der Waals surface area contributed by atoms with Crippen LogP contribution in [-0.4, -0.2) is 47.9 Å². The fourth-order valence-electron chi connectivity index (χ4n) is 3.49. The minimum atomic E-state index is -0.902. The third kappa shape index (κ3) is 3.80. The van der Waals surface area contributed by atoms with Crippen LogP contribution in [0.1, 0.15) is 23.3 Å². The second-order valence-corrected chi connectivity index (χ2v) is 6.62.